The highest BCUT2D eigenvalue weighted by Gasteiger charge is 2.24. The van der Waals surface area contributed by atoms with Crippen molar-refractivity contribution in [2.75, 3.05) is 0 Å². The molecule has 3 rings (SSSR count). The average Bonchev–Trinajstić information content (AvgIpc) is 2.75. The molecule has 0 spiro atoms. The predicted octanol–water partition coefficient (Wildman–Crippen LogP) is 4.26. The Morgan fingerprint density at radius 3 is 1.97 bits per heavy atom. The molecule has 0 aromatic heterocycles. The molecule has 0 saturated heterocycles. The van der Waals surface area contributed by atoms with E-state index < -0.39 is 12.1 Å². The molecule has 0 radical (unpaired) electrons. The molecule has 3 aromatic carbocycles. The first-order chi connectivity index (χ1) is 14.1. The Morgan fingerprint density at radius 1 is 0.793 bits per heavy atom. The van der Waals surface area contributed by atoms with E-state index in [2.05, 4.69) is 10.6 Å². The van der Waals surface area contributed by atoms with Crippen LogP contribution in [0.15, 0.2) is 91.0 Å². The number of nitrogens with one attached hydrogen (secondary N) is 2. The zero-order valence-corrected chi connectivity index (χ0v) is 16.2. The van der Waals surface area contributed by atoms with E-state index in [-0.39, 0.29) is 11.9 Å². The van der Waals surface area contributed by atoms with E-state index in [9.17, 15) is 9.59 Å². The monoisotopic (exact) mass is 388 g/mol. The Morgan fingerprint density at radius 2 is 1.34 bits per heavy atom. The zero-order chi connectivity index (χ0) is 20.5. The van der Waals surface area contributed by atoms with Crippen molar-refractivity contribution >= 4 is 12.0 Å². The van der Waals surface area contributed by atoms with Crippen molar-refractivity contribution in [1.29, 1.82) is 0 Å². The van der Waals surface area contributed by atoms with Gasteiger partial charge in [0.1, 0.15) is 11.8 Å². The fourth-order valence-electron chi connectivity index (χ4n) is 2.97. The summed E-state index contributed by atoms with van der Waals surface area (Å²) in [6, 6.07) is 27.0. The van der Waals surface area contributed by atoms with Crippen molar-refractivity contribution in [2.45, 2.75) is 25.4 Å². The van der Waals surface area contributed by atoms with Gasteiger partial charge < -0.3 is 15.4 Å². The molecule has 3 aromatic rings. The van der Waals surface area contributed by atoms with E-state index in [1.54, 1.807) is 24.3 Å². The van der Waals surface area contributed by atoms with Crippen LogP contribution >= 0.6 is 0 Å². The topological polar surface area (TPSA) is 67.4 Å². The molecule has 2 amide bonds. The van der Waals surface area contributed by atoms with Crippen molar-refractivity contribution in [3.8, 4) is 5.75 Å². The number of amides is 2. The maximum atomic E-state index is 12.9. The highest BCUT2D eigenvalue weighted by atomic mass is 16.6. The lowest BCUT2D eigenvalue weighted by Gasteiger charge is -2.21. The van der Waals surface area contributed by atoms with Crippen LogP contribution in [0.2, 0.25) is 0 Å². The normalized spacial score (nSPS) is 12.4. The van der Waals surface area contributed by atoms with Crippen LogP contribution in [0.25, 0.3) is 0 Å². The Balaban J connectivity index is 1.69. The largest absolute Gasteiger partial charge is 0.413 e. The van der Waals surface area contributed by atoms with Crippen LogP contribution in [0.3, 0.4) is 0 Å². The van der Waals surface area contributed by atoms with Crippen LogP contribution in [-0.2, 0) is 11.2 Å². The second-order valence-corrected chi connectivity index (χ2v) is 6.73. The summed E-state index contributed by atoms with van der Waals surface area (Å²) < 4.78 is 5.29. The van der Waals surface area contributed by atoms with E-state index in [0.29, 0.717) is 12.2 Å². The van der Waals surface area contributed by atoms with Gasteiger partial charge in [0.2, 0.25) is 5.91 Å². The fourth-order valence-corrected chi connectivity index (χ4v) is 2.97. The lowest BCUT2D eigenvalue weighted by Crippen LogP contribution is -2.49. The smallest absolute Gasteiger partial charge is 0.410 e. The first-order valence-electron chi connectivity index (χ1n) is 9.54. The third-order valence-corrected chi connectivity index (χ3v) is 4.50. The van der Waals surface area contributed by atoms with E-state index >= 15 is 0 Å². The summed E-state index contributed by atoms with van der Waals surface area (Å²) in [4.78, 5) is 25.3. The summed E-state index contributed by atoms with van der Waals surface area (Å²) in [5, 5.41) is 5.67. The van der Waals surface area contributed by atoms with E-state index in [1.165, 1.54) is 0 Å². The third kappa shape index (κ3) is 6.21. The molecule has 2 atom stereocenters. The number of carbonyl (C=O) groups excluding carboxylic acids is 2. The van der Waals surface area contributed by atoms with Gasteiger partial charge in [0.05, 0.1) is 6.04 Å². The lowest BCUT2D eigenvalue weighted by atomic mass is 10.0. The molecule has 148 valence electrons. The highest BCUT2D eigenvalue weighted by Crippen LogP contribution is 2.13. The number of rotatable bonds is 7. The average molecular weight is 388 g/mol. The van der Waals surface area contributed by atoms with Gasteiger partial charge in [-0.2, -0.15) is 0 Å². The molecule has 0 fully saturated rings. The zero-order valence-electron chi connectivity index (χ0n) is 16.2. The quantitative estimate of drug-likeness (QED) is 0.635. The van der Waals surface area contributed by atoms with Gasteiger partial charge in [-0.1, -0.05) is 78.9 Å². The van der Waals surface area contributed by atoms with Gasteiger partial charge >= 0.3 is 6.09 Å². The number of hydrogen-bond donors (Lipinski definition) is 2. The molecule has 0 saturated carbocycles. The van der Waals surface area contributed by atoms with Crippen molar-refractivity contribution in [3.63, 3.8) is 0 Å². The van der Waals surface area contributed by atoms with Crippen molar-refractivity contribution in [3.05, 3.63) is 102 Å². The molecule has 5 nitrogen and oxygen atoms in total. The molecule has 0 aliphatic heterocycles. The van der Waals surface area contributed by atoms with Crippen LogP contribution < -0.4 is 15.4 Å². The van der Waals surface area contributed by atoms with Gasteiger partial charge in [-0.05, 0) is 30.2 Å². The van der Waals surface area contributed by atoms with Crippen molar-refractivity contribution in [1.82, 2.24) is 10.6 Å². The molecule has 29 heavy (non-hydrogen) atoms. The first-order valence-corrected chi connectivity index (χ1v) is 9.54. The van der Waals surface area contributed by atoms with Crippen LogP contribution in [0, 0.1) is 0 Å². The van der Waals surface area contributed by atoms with E-state index in [1.807, 2.05) is 73.7 Å². The Hall–Kier alpha value is -3.60. The van der Waals surface area contributed by atoms with Gasteiger partial charge in [-0.3, -0.25) is 4.79 Å². The Bertz CT molecular complexity index is 915. The molecular formula is C24H24N2O3. The maximum Gasteiger partial charge on any atom is 0.413 e. The second kappa shape index (κ2) is 10.1. The number of ether oxygens (including phenoxy) is 1. The molecular weight excluding hydrogens is 364 g/mol. The van der Waals surface area contributed by atoms with Crippen molar-refractivity contribution < 1.29 is 14.3 Å². The van der Waals surface area contributed by atoms with E-state index in [0.717, 1.165) is 11.1 Å². The molecule has 5 heteroatoms. The summed E-state index contributed by atoms with van der Waals surface area (Å²) in [5.74, 6) is 0.150. The molecule has 0 heterocycles. The first kappa shape index (κ1) is 20.1. The third-order valence-electron chi connectivity index (χ3n) is 4.50. The van der Waals surface area contributed by atoms with Gasteiger partial charge in [0, 0.05) is 6.42 Å². The Kier molecular flexibility index (Phi) is 7.00. The number of para-hydroxylation sites is 1. The van der Waals surface area contributed by atoms with Crippen LogP contribution in [0.4, 0.5) is 4.79 Å². The van der Waals surface area contributed by atoms with E-state index in [4.69, 9.17) is 4.74 Å². The summed E-state index contributed by atoms with van der Waals surface area (Å²) in [6.07, 6.45) is -0.308. The summed E-state index contributed by atoms with van der Waals surface area (Å²) >= 11 is 0. The maximum absolute atomic E-state index is 12.9. The second-order valence-electron chi connectivity index (χ2n) is 6.73. The number of benzene rings is 3. The van der Waals surface area contributed by atoms with Gasteiger partial charge in [-0.25, -0.2) is 4.79 Å². The van der Waals surface area contributed by atoms with Crippen LogP contribution in [0.1, 0.15) is 24.1 Å². The van der Waals surface area contributed by atoms with Crippen LogP contribution in [0.5, 0.6) is 5.75 Å². The number of hydrogen-bond acceptors (Lipinski definition) is 3. The highest BCUT2D eigenvalue weighted by molar-refractivity contribution is 5.86. The fraction of sp³-hybridized carbons (Fsp3) is 0.167. The summed E-state index contributed by atoms with van der Waals surface area (Å²) in [6.45, 7) is 1.91. The van der Waals surface area contributed by atoms with Gasteiger partial charge in [0.25, 0.3) is 0 Å². The SMILES string of the molecule is C[C@H](NC(=O)[C@H](Cc1ccccc1)NC(=O)Oc1ccccc1)c1ccccc1. The van der Waals surface area contributed by atoms with Crippen molar-refractivity contribution in [2.24, 2.45) is 0 Å². The summed E-state index contributed by atoms with van der Waals surface area (Å²) in [5.41, 5.74) is 1.94. The predicted molar refractivity (Wildman–Crippen MR) is 113 cm³/mol. The lowest BCUT2D eigenvalue weighted by molar-refractivity contribution is -0.123. The molecule has 0 unspecified atom stereocenters. The molecule has 0 bridgehead atoms. The molecule has 0 aliphatic carbocycles. The minimum atomic E-state index is -0.764. The van der Waals surface area contributed by atoms with Crippen LogP contribution in [-0.4, -0.2) is 18.0 Å². The van der Waals surface area contributed by atoms with Gasteiger partial charge in [0.15, 0.2) is 0 Å². The molecule has 0 aliphatic rings. The standard InChI is InChI=1S/C24H24N2O3/c1-18(20-13-7-3-8-14-20)25-23(27)22(17-19-11-5-2-6-12-19)26-24(28)29-21-15-9-4-10-16-21/h2-16,18,22H,17H2,1H3,(H,25,27)(H,26,28)/t18-,22-/m0/s1. The number of carbonyl (C=O) groups is 2. The minimum Gasteiger partial charge on any atom is -0.410 e. The van der Waals surface area contributed by atoms with Gasteiger partial charge in [-0.15, -0.1) is 0 Å². The minimum absolute atomic E-state index is 0.186. The molecule has 2 N–H and O–H groups in total. The Labute approximate surface area is 170 Å². The summed E-state index contributed by atoms with van der Waals surface area (Å²) in [7, 11) is 0.